The second kappa shape index (κ2) is 5.26. The van der Waals surface area contributed by atoms with E-state index in [-0.39, 0.29) is 5.56 Å². The van der Waals surface area contributed by atoms with Gasteiger partial charge in [0, 0.05) is 5.75 Å². The number of nitrogens with one attached hydrogen (secondary N) is 2. The van der Waals surface area contributed by atoms with Gasteiger partial charge in [-0.15, -0.1) is 11.3 Å². The quantitative estimate of drug-likeness (QED) is 0.728. The van der Waals surface area contributed by atoms with Gasteiger partial charge in [0.05, 0.1) is 0 Å². The fourth-order valence-electron chi connectivity index (χ4n) is 1.81. The molecular weight excluding hydrogens is 294 g/mol. The van der Waals surface area contributed by atoms with Crippen LogP contribution in [0.25, 0.3) is 10.3 Å². The molecule has 0 bridgehead atoms. The van der Waals surface area contributed by atoms with Gasteiger partial charge in [-0.1, -0.05) is 36.0 Å². The SMILES string of the molecule is Cc1ccccc1CSc1nc2[nH]c(=O)[nH]c(=O)c2s1. The largest absolute Gasteiger partial charge is 0.327 e. The van der Waals surface area contributed by atoms with Crippen molar-refractivity contribution in [2.24, 2.45) is 0 Å². The summed E-state index contributed by atoms with van der Waals surface area (Å²) in [7, 11) is 0. The van der Waals surface area contributed by atoms with Crippen LogP contribution in [0.1, 0.15) is 11.1 Å². The van der Waals surface area contributed by atoms with Crippen LogP contribution in [-0.4, -0.2) is 15.0 Å². The topological polar surface area (TPSA) is 78.6 Å². The highest BCUT2D eigenvalue weighted by molar-refractivity contribution is 8.00. The van der Waals surface area contributed by atoms with Crippen molar-refractivity contribution in [1.29, 1.82) is 0 Å². The molecule has 0 amide bonds. The molecule has 3 aromatic rings. The molecule has 1 aromatic carbocycles. The molecule has 2 heterocycles. The van der Waals surface area contributed by atoms with E-state index in [1.165, 1.54) is 22.5 Å². The van der Waals surface area contributed by atoms with Crippen molar-refractivity contribution in [2.75, 3.05) is 0 Å². The number of hydrogen-bond donors (Lipinski definition) is 2. The highest BCUT2D eigenvalue weighted by Gasteiger charge is 2.09. The lowest BCUT2D eigenvalue weighted by Crippen LogP contribution is -2.20. The number of rotatable bonds is 3. The first-order valence-electron chi connectivity index (χ1n) is 5.94. The van der Waals surface area contributed by atoms with Crippen molar-refractivity contribution in [2.45, 2.75) is 17.0 Å². The number of benzene rings is 1. The summed E-state index contributed by atoms with van der Waals surface area (Å²) in [6.45, 7) is 2.07. The number of fused-ring (bicyclic) bond motifs is 1. The van der Waals surface area contributed by atoms with E-state index in [1.807, 2.05) is 12.1 Å². The zero-order valence-electron chi connectivity index (χ0n) is 10.6. The average Bonchev–Trinajstić information content (AvgIpc) is 2.81. The van der Waals surface area contributed by atoms with E-state index in [0.717, 1.165) is 10.1 Å². The molecule has 0 fully saturated rings. The average molecular weight is 305 g/mol. The van der Waals surface area contributed by atoms with Crippen molar-refractivity contribution < 1.29 is 0 Å². The lowest BCUT2D eigenvalue weighted by molar-refractivity contribution is 1.06. The number of H-pyrrole nitrogens is 2. The standard InChI is InChI=1S/C13H11N3O2S2/c1-7-4-2-3-5-8(7)6-19-13-15-10-9(20-13)11(17)16-12(18)14-10/h2-5H,6H2,1H3,(H2,14,16,17,18). The van der Waals surface area contributed by atoms with Crippen LogP contribution in [0.4, 0.5) is 0 Å². The van der Waals surface area contributed by atoms with E-state index in [0.29, 0.717) is 10.3 Å². The Bertz CT molecular complexity index is 879. The van der Waals surface area contributed by atoms with Gasteiger partial charge in [-0.25, -0.2) is 9.78 Å². The predicted molar refractivity (Wildman–Crippen MR) is 81.6 cm³/mol. The minimum Gasteiger partial charge on any atom is -0.291 e. The Morgan fingerprint density at radius 2 is 2.05 bits per heavy atom. The number of aryl methyl sites for hydroxylation is 1. The minimum atomic E-state index is -0.525. The third-order valence-corrected chi connectivity index (χ3v) is 5.13. The van der Waals surface area contributed by atoms with Crippen molar-refractivity contribution in [1.82, 2.24) is 15.0 Å². The van der Waals surface area contributed by atoms with E-state index in [9.17, 15) is 9.59 Å². The Labute approximate surface area is 122 Å². The number of nitrogens with zero attached hydrogens (tertiary/aromatic N) is 1. The van der Waals surface area contributed by atoms with Crippen molar-refractivity contribution in [3.05, 3.63) is 56.2 Å². The highest BCUT2D eigenvalue weighted by atomic mass is 32.2. The summed E-state index contributed by atoms with van der Waals surface area (Å²) in [6, 6.07) is 8.15. The van der Waals surface area contributed by atoms with E-state index in [1.54, 1.807) is 11.8 Å². The van der Waals surface area contributed by atoms with Crippen LogP contribution in [0.2, 0.25) is 0 Å². The Kier molecular flexibility index (Phi) is 3.45. The number of thiazole rings is 1. The second-order valence-corrected chi connectivity index (χ2v) is 6.50. The molecule has 0 saturated heterocycles. The molecule has 0 aliphatic heterocycles. The number of aromatic nitrogens is 3. The summed E-state index contributed by atoms with van der Waals surface area (Å²) < 4.78 is 1.23. The smallest absolute Gasteiger partial charge is 0.291 e. The molecule has 0 aliphatic carbocycles. The van der Waals surface area contributed by atoms with E-state index in [4.69, 9.17) is 0 Å². The third kappa shape index (κ3) is 2.54. The van der Waals surface area contributed by atoms with Gasteiger partial charge in [-0.05, 0) is 18.1 Å². The molecule has 0 saturated carbocycles. The molecule has 3 rings (SSSR count). The molecular formula is C13H11N3O2S2. The minimum absolute atomic E-state index is 0.357. The summed E-state index contributed by atoms with van der Waals surface area (Å²) in [4.78, 5) is 31.8. The van der Waals surface area contributed by atoms with Crippen LogP contribution in [0.5, 0.6) is 0 Å². The van der Waals surface area contributed by atoms with Crippen molar-refractivity contribution >= 4 is 33.4 Å². The van der Waals surface area contributed by atoms with Crippen molar-refractivity contribution in [3.63, 3.8) is 0 Å². The molecule has 5 nitrogen and oxygen atoms in total. The maximum Gasteiger partial charge on any atom is 0.327 e. The molecule has 0 unspecified atom stereocenters. The fourth-order valence-corrected chi connectivity index (χ4v) is 3.88. The third-order valence-electron chi connectivity index (χ3n) is 2.89. The van der Waals surface area contributed by atoms with Crippen LogP contribution in [0.3, 0.4) is 0 Å². The molecule has 2 N–H and O–H groups in total. The molecule has 0 spiro atoms. The molecule has 102 valence electrons. The summed E-state index contributed by atoms with van der Waals surface area (Å²) >= 11 is 2.86. The first-order valence-corrected chi connectivity index (χ1v) is 7.74. The van der Waals surface area contributed by atoms with Gasteiger partial charge < -0.3 is 0 Å². The second-order valence-electron chi connectivity index (χ2n) is 4.28. The number of thioether (sulfide) groups is 1. The molecule has 2 aromatic heterocycles. The van der Waals surface area contributed by atoms with Gasteiger partial charge in [0.2, 0.25) is 0 Å². The number of aromatic amines is 2. The maximum absolute atomic E-state index is 11.6. The maximum atomic E-state index is 11.6. The Morgan fingerprint density at radius 3 is 2.85 bits per heavy atom. The normalized spacial score (nSPS) is 11.1. The molecule has 7 heteroatoms. The van der Waals surface area contributed by atoms with E-state index in [2.05, 4.69) is 34.0 Å². The summed E-state index contributed by atoms with van der Waals surface area (Å²) in [6.07, 6.45) is 0. The van der Waals surface area contributed by atoms with Gasteiger partial charge in [0.15, 0.2) is 9.99 Å². The molecule has 20 heavy (non-hydrogen) atoms. The lowest BCUT2D eigenvalue weighted by atomic mass is 10.1. The van der Waals surface area contributed by atoms with Crippen LogP contribution in [0.15, 0.2) is 38.2 Å². The summed E-state index contributed by atoms with van der Waals surface area (Å²) in [5.74, 6) is 0.786. The Hall–Kier alpha value is -1.86. The van der Waals surface area contributed by atoms with Crippen LogP contribution in [-0.2, 0) is 5.75 Å². The fraction of sp³-hybridized carbons (Fsp3) is 0.154. The van der Waals surface area contributed by atoms with Gasteiger partial charge in [0.1, 0.15) is 4.70 Å². The molecule has 0 aliphatic rings. The Balaban J connectivity index is 1.89. The van der Waals surface area contributed by atoms with E-state index < -0.39 is 5.69 Å². The summed E-state index contributed by atoms with van der Waals surface area (Å²) in [5, 5.41) is 0. The van der Waals surface area contributed by atoms with Gasteiger partial charge in [-0.3, -0.25) is 14.8 Å². The van der Waals surface area contributed by atoms with Gasteiger partial charge >= 0.3 is 5.69 Å². The van der Waals surface area contributed by atoms with Gasteiger partial charge in [0.25, 0.3) is 5.56 Å². The van der Waals surface area contributed by atoms with Crippen LogP contribution >= 0.6 is 23.1 Å². The first kappa shape index (κ1) is 13.1. The number of hydrogen-bond acceptors (Lipinski definition) is 5. The zero-order chi connectivity index (χ0) is 14.1. The molecule has 0 atom stereocenters. The van der Waals surface area contributed by atoms with Crippen LogP contribution < -0.4 is 11.2 Å². The lowest BCUT2D eigenvalue weighted by Gasteiger charge is -2.02. The summed E-state index contributed by atoms with van der Waals surface area (Å²) in [5.41, 5.74) is 1.91. The van der Waals surface area contributed by atoms with Crippen molar-refractivity contribution in [3.8, 4) is 0 Å². The first-order chi connectivity index (χ1) is 9.63. The Morgan fingerprint density at radius 1 is 1.25 bits per heavy atom. The van der Waals surface area contributed by atoms with E-state index >= 15 is 0 Å². The van der Waals surface area contributed by atoms with Crippen LogP contribution in [0, 0.1) is 6.92 Å². The van der Waals surface area contributed by atoms with Gasteiger partial charge in [-0.2, -0.15) is 0 Å². The monoisotopic (exact) mass is 305 g/mol. The molecule has 0 radical (unpaired) electrons. The zero-order valence-corrected chi connectivity index (χ0v) is 12.2. The predicted octanol–water partition coefficient (Wildman–Crippen LogP) is 2.27. The highest BCUT2D eigenvalue weighted by Crippen LogP contribution is 2.29.